The highest BCUT2D eigenvalue weighted by atomic mass is 19.4. The number of hydrogen-bond donors (Lipinski definition) is 1. The molecular formula is C12H11F3N2O2. The third-order valence-corrected chi connectivity index (χ3v) is 3.01. The van der Waals surface area contributed by atoms with Crippen LogP contribution in [0.1, 0.15) is 18.4 Å². The number of nitrogens with zero attached hydrogens (tertiary/aromatic N) is 1. The molecule has 1 heterocycles. The predicted molar refractivity (Wildman–Crippen MR) is 61.1 cm³/mol. The van der Waals surface area contributed by atoms with E-state index in [1.54, 1.807) is 0 Å². The van der Waals surface area contributed by atoms with E-state index in [1.165, 1.54) is 12.1 Å². The zero-order chi connectivity index (χ0) is 14.2. The molecule has 0 bridgehead atoms. The lowest BCUT2D eigenvalue weighted by Crippen LogP contribution is -2.42. The van der Waals surface area contributed by atoms with Gasteiger partial charge in [-0.1, -0.05) is 0 Å². The van der Waals surface area contributed by atoms with E-state index in [0.717, 1.165) is 17.0 Å². The fraction of sp³-hybridized carbons (Fsp3) is 0.333. The smallest absolute Gasteiger partial charge is 0.368 e. The number of nitrogens with two attached hydrogens (primary N) is 1. The maximum Gasteiger partial charge on any atom is 0.416 e. The Morgan fingerprint density at radius 3 is 2.32 bits per heavy atom. The van der Waals surface area contributed by atoms with Crippen molar-refractivity contribution in [3.8, 4) is 0 Å². The van der Waals surface area contributed by atoms with Gasteiger partial charge in [0, 0.05) is 12.1 Å². The third kappa shape index (κ3) is 2.54. The molecule has 1 unspecified atom stereocenters. The molecule has 1 aromatic carbocycles. The van der Waals surface area contributed by atoms with Crippen molar-refractivity contribution >= 4 is 17.5 Å². The molecule has 0 spiro atoms. The molecule has 102 valence electrons. The van der Waals surface area contributed by atoms with Gasteiger partial charge in [0.1, 0.15) is 6.04 Å². The van der Waals surface area contributed by atoms with Crippen LogP contribution < -0.4 is 10.6 Å². The lowest BCUT2D eigenvalue weighted by Gasteiger charge is -2.22. The first-order chi connectivity index (χ1) is 8.80. The van der Waals surface area contributed by atoms with E-state index in [2.05, 4.69) is 0 Å². The van der Waals surface area contributed by atoms with E-state index in [-0.39, 0.29) is 24.4 Å². The Hall–Kier alpha value is -2.05. The molecule has 1 aromatic rings. The van der Waals surface area contributed by atoms with Gasteiger partial charge >= 0.3 is 6.18 Å². The molecule has 1 atom stereocenters. The van der Waals surface area contributed by atoms with Crippen LogP contribution in [0.4, 0.5) is 18.9 Å². The fourth-order valence-electron chi connectivity index (χ4n) is 2.09. The number of primary amides is 1. The van der Waals surface area contributed by atoms with Crippen molar-refractivity contribution in [2.45, 2.75) is 25.1 Å². The maximum absolute atomic E-state index is 12.4. The van der Waals surface area contributed by atoms with Crippen molar-refractivity contribution in [1.82, 2.24) is 0 Å². The van der Waals surface area contributed by atoms with Gasteiger partial charge in [0.05, 0.1) is 5.56 Å². The van der Waals surface area contributed by atoms with Crippen molar-refractivity contribution in [3.63, 3.8) is 0 Å². The summed E-state index contributed by atoms with van der Waals surface area (Å²) in [5.41, 5.74) is 4.62. The molecule has 1 aliphatic rings. The molecular weight excluding hydrogens is 261 g/mol. The van der Waals surface area contributed by atoms with E-state index < -0.39 is 23.7 Å². The van der Waals surface area contributed by atoms with E-state index in [1.807, 2.05) is 0 Å². The van der Waals surface area contributed by atoms with Gasteiger partial charge in [0.15, 0.2) is 0 Å². The molecule has 2 amide bonds. The average Bonchev–Trinajstić information content (AvgIpc) is 2.70. The molecule has 0 saturated carbocycles. The average molecular weight is 272 g/mol. The summed E-state index contributed by atoms with van der Waals surface area (Å²) in [6, 6.07) is 3.30. The minimum absolute atomic E-state index is 0.161. The van der Waals surface area contributed by atoms with Gasteiger partial charge in [-0.05, 0) is 30.7 Å². The molecule has 0 aliphatic carbocycles. The summed E-state index contributed by atoms with van der Waals surface area (Å²) in [7, 11) is 0. The molecule has 1 fully saturated rings. The molecule has 2 rings (SSSR count). The van der Waals surface area contributed by atoms with Gasteiger partial charge in [-0.25, -0.2) is 0 Å². The van der Waals surface area contributed by atoms with Crippen molar-refractivity contribution in [2.24, 2.45) is 5.73 Å². The summed E-state index contributed by atoms with van der Waals surface area (Å²) in [5.74, 6) is -0.977. The van der Waals surface area contributed by atoms with Crippen molar-refractivity contribution in [3.05, 3.63) is 29.8 Å². The first-order valence-electron chi connectivity index (χ1n) is 5.59. The highest BCUT2D eigenvalue weighted by molar-refractivity contribution is 6.03. The lowest BCUT2D eigenvalue weighted by atomic mass is 10.1. The largest absolute Gasteiger partial charge is 0.416 e. The van der Waals surface area contributed by atoms with Crippen LogP contribution in [-0.4, -0.2) is 17.9 Å². The Balaban J connectivity index is 2.31. The van der Waals surface area contributed by atoms with E-state index in [0.29, 0.717) is 0 Å². The summed E-state index contributed by atoms with van der Waals surface area (Å²) in [4.78, 5) is 24.0. The molecule has 1 aliphatic heterocycles. The van der Waals surface area contributed by atoms with Crippen LogP contribution in [0.2, 0.25) is 0 Å². The minimum atomic E-state index is -4.43. The second kappa shape index (κ2) is 4.56. The Labute approximate surface area is 107 Å². The fourth-order valence-corrected chi connectivity index (χ4v) is 2.09. The molecule has 4 nitrogen and oxygen atoms in total. The summed E-state index contributed by atoms with van der Waals surface area (Å²) in [5, 5.41) is 0. The number of hydrogen-bond acceptors (Lipinski definition) is 2. The van der Waals surface area contributed by atoms with Crippen molar-refractivity contribution in [1.29, 1.82) is 0 Å². The number of benzene rings is 1. The first-order valence-corrected chi connectivity index (χ1v) is 5.59. The zero-order valence-corrected chi connectivity index (χ0v) is 9.78. The van der Waals surface area contributed by atoms with Crippen molar-refractivity contribution < 1.29 is 22.8 Å². The topological polar surface area (TPSA) is 63.4 Å². The summed E-state index contributed by atoms with van der Waals surface area (Å²) >= 11 is 0. The summed E-state index contributed by atoms with van der Waals surface area (Å²) < 4.78 is 37.3. The van der Waals surface area contributed by atoms with Crippen LogP contribution in [0.5, 0.6) is 0 Å². The Morgan fingerprint density at radius 1 is 1.26 bits per heavy atom. The van der Waals surface area contributed by atoms with Crippen LogP contribution in [0.25, 0.3) is 0 Å². The van der Waals surface area contributed by atoms with Gasteiger partial charge in [0.25, 0.3) is 0 Å². The maximum atomic E-state index is 12.4. The molecule has 1 saturated heterocycles. The van der Waals surface area contributed by atoms with Crippen LogP contribution in [0.3, 0.4) is 0 Å². The Bertz CT molecular complexity index is 511. The zero-order valence-electron chi connectivity index (χ0n) is 9.78. The Morgan fingerprint density at radius 2 is 1.84 bits per heavy atom. The number of carbonyl (C=O) groups excluding carboxylic acids is 2. The monoisotopic (exact) mass is 272 g/mol. The number of carbonyl (C=O) groups is 2. The Kier molecular flexibility index (Phi) is 3.21. The molecule has 0 aromatic heterocycles. The molecule has 0 radical (unpaired) electrons. The number of amides is 2. The second-order valence-corrected chi connectivity index (χ2v) is 4.27. The number of alkyl halides is 3. The summed E-state index contributed by atoms with van der Waals surface area (Å²) in [6.45, 7) is 0. The van der Waals surface area contributed by atoms with Crippen LogP contribution in [-0.2, 0) is 15.8 Å². The molecule has 2 N–H and O–H groups in total. The number of rotatable bonds is 2. The van der Waals surface area contributed by atoms with E-state index in [9.17, 15) is 22.8 Å². The molecule has 7 heteroatoms. The van der Waals surface area contributed by atoms with Gasteiger partial charge in [-0.15, -0.1) is 0 Å². The van der Waals surface area contributed by atoms with Gasteiger partial charge in [-0.2, -0.15) is 13.2 Å². The standard InChI is InChI=1S/C12H11F3N2O2/c13-12(14,15)7-1-3-8(4-2-7)17-9(11(16)19)5-6-10(17)18/h1-4,9H,5-6H2,(H2,16,19). The SMILES string of the molecule is NC(=O)C1CCC(=O)N1c1ccc(C(F)(F)F)cc1. The first kappa shape index (κ1) is 13.4. The second-order valence-electron chi connectivity index (χ2n) is 4.27. The van der Waals surface area contributed by atoms with Crippen LogP contribution in [0, 0.1) is 0 Å². The van der Waals surface area contributed by atoms with Crippen LogP contribution >= 0.6 is 0 Å². The van der Waals surface area contributed by atoms with Gasteiger partial charge in [0.2, 0.25) is 11.8 Å². The van der Waals surface area contributed by atoms with Gasteiger partial charge in [-0.3, -0.25) is 14.5 Å². The third-order valence-electron chi connectivity index (χ3n) is 3.01. The van der Waals surface area contributed by atoms with Gasteiger partial charge < -0.3 is 5.73 Å². The number of halogens is 3. The lowest BCUT2D eigenvalue weighted by molar-refractivity contribution is -0.137. The van der Waals surface area contributed by atoms with E-state index >= 15 is 0 Å². The minimum Gasteiger partial charge on any atom is -0.368 e. The molecule has 19 heavy (non-hydrogen) atoms. The summed E-state index contributed by atoms with van der Waals surface area (Å²) in [6.07, 6.45) is -3.99. The highest BCUT2D eigenvalue weighted by Gasteiger charge is 2.36. The van der Waals surface area contributed by atoms with Crippen LogP contribution in [0.15, 0.2) is 24.3 Å². The quantitative estimate of drug-likeness (QED) is 0.890. The number of anilines is 1. The highest BCUT2D eigenvalue weighted by Crippen LogP contribution is 2.32. The predicted octanol–water partition coefficient (Wildman–Crippen LogP) is 1.69. The van der Waals surface area contributed by atoms with Crippen molar-refractivity contribution in [2.75, 3.05) is 4.90 Å². The normalized spacial score (nSPS) is 19.8. The van der Waals surface area contributed by atoms with E-state index in [4.69, 9.17) is 5.73 Å².